The van der Waals surface area contributed by atoms with Crippen LogP contribution in [0.25, 0.3) is 0 Å². The zero-order chi connectivity index (χ0) is 20.4. The number of hydrogen-bond donors (Lipinski definition) is 3. The lowest BCUT2D eigenvalue weighted by Crippen LogP contribution is -2.61. The molecule has 8 heteroatoms. The molecule has 0 aliphatic carbocycles. The number of carboxylic acids is 1. The van der Waals surface area contributed by atoms with E-state index in [9.17, 15) is 19.5 Å². The molecule has 2 fully saturated rings. The van der Waals surface area contributed by atoms with E-state index in [-0.39, 0.29) is 37.4 Å². The van der Waals surface area contributed by atoms with Crippen LogP contribution in [0, 0.1) is 11.8 Å². The minimum Gasteiger partial charge on any atom is -0.491 e. The quantitative estimate of drug-likeness (QED) is 0.638. The lowest BCUT2D eigenvalue weighted by molar-refractivity contribution is -0.150. The Bertz CT molecular complexity index is 765. The van der Waals surface area contributed by atoms with Gasteiger partial charge in [0.1, 0.15) is 24.4 Å². The van der Waals surface area contributed by atoms with E-state index >= 15 is 0 Å². The second kappa shape index (κ2) is 8.18. The number of carbonyl (C=O) groups excluding carboxylic acids is 2. The summed E-state index contributed by atoms with van der Waals surface area (Å²) in [7, 11) is 0. The number of amides is 2. The number of nitrogens with one attached hydrogen (secondary N) is 1. The molecule has 0 radical (unpaired) electrons. The molecule has 2 heterocycles. The monoisotopic (exact) mass is 390 g/mol. The summed E-state index contributed by atoms with van der Waals surface area (Å²) >= 11 is 0. The molecule has 2 aliphatic rings. The predicted octanol–water partition coefficient (Wildman–Crippen LogP) is 0.945. The minimum absolute atomic E-state index is 0.0771. The van der Waals surface area contributed by atoms with Crippen LogP contribution in [-0.2, 0) is 14.4 Å². The molecule has 0 bridgehead atoms. The lowest BCUT2D eigenvalue weighted by atomic mass is 9.93. The van der Waals surface area contributed by atoms with Gasteiger partial charge < -0.3 is 25.2 Å². The van der Waals surface area contributed by atoms with Gasteiger partial charge in [-0.25, -0.2) is 0 Å². The highest BCUT2D eigenvalue weighted by molar-refractivity contribution is 5.98. The molecule has 0 aromatic heterocycles. The number of fused-ring (bicyclic) bond motifs is 1. The fourth-order valence-electron chi connectivity index (χ4n) is 4.12. The standard InChI is InChI=1S/C20H26N2O6/c1-11(2)8-15-19(25)22-16(18(24)21-15)10-14(20(26)27)17(22)12-4-3-5-13(9-12)28-7-6-23/h3-5,9,11,14-17,23H,6-8,10H2,1-2H3,(H,21,24)(H,26,27)/t14-,15+,16-,17-/m1/s1. The summed E-state index contributed by atoms with van der Waals surface area (Å²) in [5.74, 6) is -1.78. The highest BCUT2D eigenvalue weighted by atomic mass is 16.5. The van der Waals surface area contributed by atoms with Crippen LogP contribution in [-0.4, -0.2) is 58.2 Å². The van der Waals surface area contributed by atoms with Gasteiger partial charge in [-0.3, -0.25) is 14.4 Å². The van der Waals surface area contributed by atoms with E-state index < -0.39 is 30.0 Å². The Morgan fingerprint density at radius 1 is 1.36 bits per heavy atom. The van der Waals surface area contributed by atoms with E-state index in [0.717, 1.165) is 0 Å². The van der Waals surface area contributed by atoms with E-state index in [1.165, 1.54) is 4.90 Å². The third-order valence-corrected chi connectivity index (χ3v) is 5.25. The average molecular weight is 390 g/mol. The van der Waals surface area contributed by atoms with Crippen LogP contribution in [0.3, 0.4) is 0 Å². The molecule has 0 saturated carbocycles. The van der Waals surface area contributed by atoms with E-state index in [4.69, 9.17) is 9.84 Å². The highest BCUT2D eigenvalue weighted by Gasteiger charge is 2.54. The molecule has 1 aromatic rings. The Labute approximate surface area is 163 Å². The number of piperazine rings is 1. The van der Waals surface area contributed by atoms with Crippen molar-refractivity contribution in [3.8, 4) is 5.75 Å². The average Bonchev–Trinajstić information content (AvgIpc) is 3.06. The first-order chi connectivity index (χ1) is 13.3. The normalized spacial score (nSPS) is 26.9. The summed E-state index contributed by atoms with van der Waals surface area (Å²) in [5, 5.41) is 21.5. The third kappa shape index (κ3) is 3.82. The SMILES string of the molecule is CC(C)C[C@@H]1NC(=O)[C@H]2C[C@@H](C(=O)O)[C@@H](c3cccc(OCCO)c3)N2C1=O. The zero-order valence-corrected chi connectivity index (χ0v) is 16.0. The largest absolute Gasteiger partial charge is 0.491 e. The van der Waals surface area contributed by atoms with Crippen molar-refractivity contribution in [2.75, 3.05) is 13.2 Å². The maximum absolute atomic E-state index is 13.2. The molecule has 2 amide bonds. The topological polar surface area (TPSA) is 116 Å². The van der Waals surface area contributed by atoms with Crippen molar-refractivity contribution >= 4 is 17.8 Å². The maximum Gasteiger partial charge on any atom is 0.309 e. The van der Waals surface area contributed by atoms with E-state index in [2.05, 4.69) is 5.32 Å². The summed E-state index contributed by atoms with van der Waals surface area (Å²) in [4.78, 5) is 39.1. The van der Waals surface area contributed by atoms with Gasteiger partial charge in [-0.05, 0) is 36.5 Å². The first-order valence-corrected chi connectivity index (χ1v) is 9.52. The van der Waals surface area contributed by atoms with Crippen LogP contribution in [0.2, 0.25) is 0 Å². The molecule has 152 valence electrons. The molecule has 3 rings (SSSR count). The van der Waals surface area contributed by atoms with E-state index in [1.807, 2.05) is 13.8 Å². The molecule has 1 aromatic carbocycles. The number of ether oxygens (including phenoxy) is 1. The first-order valence-electron chi connectivity index (χ1n) is 9.52. The Kier molecular flexibility index (Phi) is 5.88. The molecule has 0 unspecified atom stereocenters. The van der Waals surface area contributed by atoms with Crippen molar-refractivity contribution in [3.63, 3.8) is 0 Å². The summed E-state index contributed by atoms with van der Waals surface area (Å²) in [6.45, 7) is 3.90. The number of rotatable bonds is 7. The second-order valence-corrected chi connectivity index (χ2v) is 7.72. The molecule has 2 aliphatic heterocycles. The van der Waals surface area contributed by atoms with Gasteiger partial charge in [0.15, 0.2) is 0 Å². The molecular formula is C20H26N2O6. The van der Waals surface area contributed by atoms with Crippen molar-refractivity contribution < 1.29 is 29.3 Å². The maximum atomic E-state index is 13.2. The summed E-state index contributed by atoms with van der Waals surface area (Å²) in [6.07, 6.45) is 0.575. The molecule has 8 nitrogen and oxygen atoms in total. The van der Waals surface area contributed by atoms with Crippen molar-refractivity contribution in [2.45, 2.75) is 44.8 Å². The Morgan fingerprint density at radius 2 is 2.11 bits per heavy atom. The Balaban J connectivity index is 1.98. The molecule has 28 heavy (non-hydrogen) atoms. The van der Waals surface area contributed by atoms with Gasteiger partial charge in [-0.1, -0.05) is 26.0 Å². The highest BCUT2D eigenvalue weighted by Crippen LogP contribution is 2.44. The molecule has 0 spiro atoms. The zero-order valence-electron chi connectivity index (χ0n) is 16.0. The van der Waals surface area contributed by atoms with Gasteiger partial charge in [0.05, 0.1) is 18.6 Å². The van der Waals surface area contributed by atoms with Gasteiger partial charge in [-0.2, -0.15) is 0 Å². The number of aliphatic hydroxyl groups excluding tert-OH is 1. The van der Waals surface area contributed by atoms with Gasteiger partial charge in [0.2, 0.25) is 11.8 Å². The van der Waals surface area contributed by atoms with E-state index in [0.29, 0.717) is 17.7 Å². The number of hydrogen-bond acceptors (Lipinski definition) is 5. The van der Waals surface area contributed by atoms with E-state index in [1.54, 1.807) is 24.3 Å². The van der Waals surface area contributed by atoms with Gasteiger partial charge in [-0.15, -0.1) is 0 Å². The van der Waals surface area contributed by atoms with Crippen molar-refractivity contribution in [3.05, 3.63) is 29.8 Å². The Hall–Kier alpha value is -2.61. The van der Waals surface area contributed by atoms with Crippen LogP contribution < -0.4 is 10.1 Å². The second-order valence-electron chi connectivity index (χ2n) is 7.72. The third-order valence-electron chi connectivity index (χ3n) is 5.25. The fraction of sp³-hybridized carbons (Fsp3) is 0.550. The van der Waals surface area contributed by atoms with Crippen LogP contribution in [0.1, 0.15) is 38.3 Å². The first kappa shape index (κ1) is 20.1. The van der Waals surface area contributed by atoms with Crippen LogP contribution in [0.4, 0.5) is 0 Å². The summed E-state index contributed by atoms with van der Waals surface area (Å²) in [6, 6.07) is 4.66. The number of benzene rings is 1. The van der Waals surface area contributed by atoms with Gasteiger partial charge >= 0.3 is 5.97 Å². The van der Waals surface area contributed by atoms with Crippen molar-refractivity contribution in [2.24, 2.45) is 11.8 Å². The number of carbonyl (C=O) groups is 3. The molecule has 2 saturated heterocycles. The summed E-state index contributed by atoms with van der Waals surface area (Å²) < 4.78 is 5.43. The number of carboxylic acid groups (broad SMARTS) is 1. The van der Waals surface area contributed by atoms with Crippen LogP contribution in [0.5, 0.6) is 5.75 Å². The van der Waals surface area contributed by atoms with Crippen LogP contribution in [0.15, 0.2) is 24.3 Å². The van der Waals surface area contributed by atoms with Gasteiger partial charge in [0.25, 0.3) is 0 Å². The molecule has 3 N–H and O–H groups in total. The Morgan fingerprint density at radius 3 is 2.75 bits per heavy atom. The lowest BCUT2D eigenvalue weighted by Gasteiger charge is -2.39. The number of aliphatic hydroxyl groups is 1. The van der Waals surface area contributed by atoms with Crippen LogP contribution >= 0.6 is 0 Å². The minimum atomic E-state index is -1.04. The summed E-state index contributed by atoms with van der Waals surface area (Å²) in [5.41, 5.74) is 0.608. The molecular weight excluding hydrogens is 364 g/mol. The van der Waals surface area contributed by atoms with Gasteiger partial charge in [0, 0.05) is 0 Å². The van der Waals surface area contributed by atoms with Crippen molar-refractivity contribution in [1.82, 2.24) is 10.2 Å². The molecule has 4 atom stereocenters. The number of nitrogens with zero attached hydrogens (tertiary/aromatic N) is 1. The smallest absolute Gasteiger partial charge is 0.309 e. The number of aliphatic carboxylic acids is 1. The predicted molar refractivity (Wildman–Crippen MR) is 99.5 cm³/mol. The van der Waals surface area contributed by atoms with Crippen molar-refractivity contribution in [1.29, 1.82) is 0 Å². The fourth-order valence-corrected chi connectivity index (χ4v) is 4.12.